The molecule has 1 aromatic carbocycles. The Balaban J connectivity index is 2.77. The van der Waals surface area contributed by atoms with Crippen molar-refractivity contribution in [2.24, 2.45) is 0 Å². The molecule has 0 aliphatic carbocycles. The van der Waals surface area contributed by atoms with E-state index in [0.29, 0.717) is 12.0 Å². The molecule has 0 amide bonds. The second-order valence-corrected chi connectivity index (χ2v) is 4.74. The van der Waals surface area contributed by atoms with Crippen LogP contribution in [0.5, 0.6) is 0 Å². The molecule has 0 atom stereocenters. The zero-order valence-corrected chi connectivity index (χ0v) is 10.9. The van der Waals surface area contributed by atoms with E-state index in [1.165, 1.54) is 0 Å². The number of benzene rings is 1. The largest absolute Gasteiger partial charge is 0.460 e. The van der Waals surface area contributed by atoms with Crippen LogP contribution in [0.3, 0.4) is 0 Å². The van der Waals surface area contributed by atoms with Gasteiger partial charge in [-0.2, -0.15) is 0 Å². The van der Waals surface area contributed by atoms with Crippen molar-refractivity contribution in [2.45, 2.75) is 32.8 Å². The van der Waals surface area contributed by atoms with E-state index in [0.717, 1.165) is 5.56 Å². The van der Waals surface area contributed by atoms with Gasteiger partial charge in [-0.15, -0.1) is 0 Å². The molecule has 0 saturated carbocycles. The molecular weight excluding hydrogens is 232 g/mol. The van der Waals surface area contributed by atoms with Crippen molar-refractivity contribution in [1.29, 1.82) is 0 Å². The lowest BCUT2D eigenvalue weighted by atomic mass is 9.97. The second-order valence-electron chi connectivity index (χ2n) is 4.74. The summed E-state index contributed by atoms with van der Waals surface area (Å²) >= 11 is 0. The Morgan fingerprint density at radius 3 is 2.22 bits per heavy atom. The van der Waals surface area contributed by atoms with Gasteiger partial charge in [0.2, 0.25) is 0 Å². The van der Waals surface area contributed by atoms with Crippen molar-refractivity contribution in [2.75, 3.05) is 6.61 Å². The van der Waals surface area contributed by atoms with Crippen LogP contribution in [0.1, 0.15) is 36.7 Å². The van der Waals surface area contributed by atoms with Crippen molar-refractivity contribution in [3.63, 3.8) is 0 Å². The lowest BCUT2D eigenvalue weighted by molar-refractivity contribution is -0.137. The number of carbonyl (C=O) groups excluding carboxylic acids is 2. The fraction of sp³-hybridized carbons (Fsp3) is 0.429. The first-order valence-corrected chi connectivity index (χ1v) is 5.86. The summed E-state index contributed by atoms with van der Waals surface area (Å²) in [7, 11) is 0. The minimum Gasteiger partial charge on any atom is -0.460 e. The Bertz CT molecular complexity index is 426. The van der Waals surface area contributed by atoms with Crippen LogP contribution in [0.4, 0.5) is 0 Å². The van der Waals surface area contributed by atoms with Gasteiger partial charge in [-0.3, -0.25) is 4.79 Å². The van der Waals surface area contributed by atoms with Gasteiger partial charge in [0.05, 0.1) is 12.2 Å². The number of Topliss-reactive ketones (excluding diaryl/α,β-unsaturated/α-hetero) is 1. The Morgan fingerprint density at radius 2 is 1.78 bits per heavy atom. The van der Waals surface area contributed by atoms with Gasteiger partial charge in [-0.05, 0) is 26.3 Å². The van der Waals surface area contributed by atoms with Gasteiger partial charge < -0.3 is 9.84 Å². The molecule has 0 bridgehead atoms. The smallest absolute Gasteiger partial charge is 0.379 e. The highest BCUT2D eigenvalue weighted by molar-refractivity contribution is 6.40. The summed E-state index contributed by atoms with van der Waals surface area (Å²) in [4.78, 5) is 22.9. The number of carbonyl (C=O) groups is 2. The molecule has 1 N–H and O–H groups in total. The molecule has 0 spiro atoms. The molecule has 0 aromatic heterocycles. The first-order valence-electron chi connectivity index (χ1n) is 5.86. The topological polar surface area (TPSA) is 63.6 Å². The normalized spacial score (nSPS) is 11.1. The van der Waals surface area contributed by atoms with Crippen molar-refractivity contribution < 1.29 is 19.4 Å². The Hall–Kier alpha value is -1.68. The van der Waals surface area contributed by atoms with E-state index in [9.17, 15) is 14.7 Å². The van der Waals surface area contributed by atoms with Crippen molar-refractivity contribution >= 4 is 11.8 Å². The van der Waals surface area contributed by atoms with Crippen LogP contribution in [0.15, 0.2) is 24.3 Å². The Morgan fingerprint density at radius 1 is 1.22 bits per heavy atom. The number of esters is 1. The monoisotopic (exact) mass is 250 g/mol. The highest BCUT2D eigenvalue weighted by atomic mass is 16.5. The third kappa shape index (κ3) is 4.30. The number of rotatable bonds is 5. The van der Waals surface area contributed by atoms with Gasteiger partial charge >= 0.3 is 5.97 Å². The van der Waals surface area contributed by atoms with Gasteiger partial charge in [0, 0.05) is 12.0 Å². The molecule has 0 heterocycles. The molecule has 0 aliphatic heterocycles. The van der Waals surface area contributed by atoms with E-state index in [4.69, 9.17) is 0 Å². The SMILES string of the molecule is CCOC(=O)C(=O)c1ccc(CC(C)(C)O)cc1. The molecule has 18 heavy (non-hydrogen) atoms. The predicted octanol–water partition coefficient (Wildman–Crippen LogP) is 1.75. The standard InChI is InChI=1S/C14H18O4/c1-4-18-13(16)12(15)11-7-5-10(6-8-11)9-14(2,3)17/h5-8,17H,4,9H2,1-3H3. The van der Waals surface area contributed by atoms with Crippen LogP contribution >= 0.6 is 0 Å². The number of aliphatic hydroxyl groups is 1. The van der Waals surface area contributed by atoms with Crippen molar-refractivity contribution in [3.8, 4) is 0 Å². The summed E-state index contributed by atoms with van der Waals surface area (Å²) < 4.78 is 4.64. The van der Waals surface area contributed by atoms with E-state index in [1.54, 1.807) is 45.0 Å². The summed E-state index contributed by atoms with van der Waals surface area (Å²) in [5.74, 6) is -1.49. The molecule has 98 valence electrons. The average Bonchev–Trinajstić information content (AvgIpc) is 2.27. The van der Waals surface area contributed by atoms with E-state index < -0.39 is 17.4 Å². The molecular formula is C14H18O4. The van der Waals surface area contributed by atoms with Crippen LogP contribution < -0.4 is 0 Å². The molecule has 1 rings (SSSR count). The van der Waals surface area contributed by atoms with Crippen LogP contribution in [0, 0.1) is 0 Å². The lowest BCUT2D eigenvalue weighted by Crippen LogP contribution is -2.22. The van der Waals surface area contributed by atoms with Gasteiger partial charge in [0.15, 0.2) is 0 Å². The number of ketones is 1. The first kappa shape index (κ1) is 14.4. The number of hydrogen-bond acceptors (Lipinski definition) is 4. The molecule has 0 fully saturated rings. The third-order valence-corrected chi connectivity index (χ3v) is 2.31. The predicted molar refractivity (Wildman–Crippen MR) is 67.4 cm³/mol. The third-order valence-electron chi connectivity index (χ3n) is 2.31. The summed E-state index contributed by atoms with van der Waals surface area (Å²) in [6.07, 6.45) is 0.487. The Kier molecular flexibility index (Phi) is 4.62. The molecule has 0 aliphatic rings. The van der Waals surface area contributed by atoms with Crippen molar-refractivity contribution in [1.82, 2.24) is 0 Å². The summed E-state index contributed by atoms with van der Waals surface area (Å²) in [6, 6.07) is 6.59. The van der Waals surface area contributed by atoms with Gasteiger partial charge in [-0.25, -0.2) is 4.79 Å². The molecule has 0 saturated heterocycles. The van der Waals surface area contributed by atoms with Gasteiger partial charge in [0.1, 0.15) is 0 Å². The van der Waals surface area contributed by atoms with E-state index in [1.807, 2.05) is 0 Å². The molecule has 1 aromatic rings. The molecule has 4 nitrogen and oxygen atoms in total. The van der Waals surface area contributed by atoms with E-state index in [-0.39, 0.29) is 6.61 Å². The van der Waals surface area contributed by atoms with E-state index >= 15 is 0 Å². The quantitative estimate of drug-likeness (QED) is 0.491. The Labute approximate surface area is 107 Å². The first-order chi connectivity index (χ1) is 8.33. The number of hydrogen-bond donors (Lipinski definition) is 1. The average molecular weight is 250 g/mol. The van der Waals surface area contributed by atoms with Gasteiger partial charge in [-0.1, -0.05) is 24.3 Å². The van der Waals surface area contributed by atoms with Crippen LogP contribution in [0.2, 0.25) is 0 Å². The molecule has 4 heteroatoms. The minimum absolute atomic E-state index is 0.182. The summed E-state index contributed by atoms with van der Waals surface area (Å²) in [5.41, 5.74) is 0.406. The minimum atomic E-state index is -0.840. The molecule has 0 unspecified atom stereocenters. The van der Waals surface area contributed by atoms with Gasteiger partial charge in [0.25, 0.3) is 5.78 Å². The second kappa shape index (κ2) is 5.78. The summed E-state index contributed by atoms with van der Waals surface area (Å²) in [5, 5.41) is 9.67. The number of ether oxygens (including phenoxy) is 1. The highest BCUT2D eigenvalue weighted by Crippen LogP contribution is 2.13. The van der Waals surface area contributed by atoms with E-state index in [2.05, 4.69) is 4.74 Å². The fourth-order valence-corrected chi connectivity index (χ4v) is 1.59. The maximum absolute atomic E-state index is 11.6. The maximum atomic E-state index is 11.6. The van der Waals surface area contributed by atoms with Crippen LogP contribution in [-0.2, 0) is 16.0 Å². The van der Waals surface area contributed by atoms with Crippen LogP contribution in [-0.4, -0.2) is 29.1 Å². The zero-order chi connectivity index (χ0) is 13.8. The molecule has 0 radical (unpaired) electrons. The maximum Gasteiger partial charge on any atom is 0.379 e. The lowest BCUT2D eigenvalue weighted by Gasteiger charge is -2.16. The fourth-order valence-electron chi connectivity index (χ4n) is 1.59. The van der Waals surface area contributed by atoms with Crippen molar-refractivity contribution in [3.05, 3.63) is 35.4 Å². The highest BCUT2D eigenvalue weighted by Gasteiger charge is 2.18. The zero-order valence-electron chi connectivity index (χ0n) is 10.9. The van der Waals surface area contributed by atoms with Crippen LogP contribution in [0.25, 0.3) is 0 Å². The summed E-state index contributed by atoms with van der Waals surface area (Å²) in [6.45, 7) is 5.26.